The van der Waals surface area contributed by atoms with Gasteiger partial charge < -0.3 is 5.32 Å². The van der Waals surface area contributed by atoms with Gasteiger partial charge in [0, 0.05) is 5.69 Å². The quantitative estimate of drug-likeness (QED) is 0.692. The second kappa shape index (κ2) is 7.04. The largest absolute Gasteiger partial charge is 0.325 e. The molecule has 0 radical (unpaired) electrons. The first kappa shape index (κ1) is 13.7. The van der Waals surface area contributed by atoms with E-state index in [1.165, 1.54) is 0 Å². The normalized spacial score (nSPS) is 11.4. The smallest absolute Gasteiger partial charge is 0.228 e. The van der Waals surface area contributed by atoms with Crippen molar-refractivity contribution in [3.05, 3.63) is 29.3 Å². The maximum atomic E-state index is 10.9. The third kappa shape index (κ3) is 3.39. The molecule has 1 aromatic carbocycles. The van der Waals surface area contributed by atoms with Crippen molar-refractivity contribution in [2.24, 2.45) is 0 Å². The number of nitrogens with one attached hydrogen (secondary N) is 1. The highest BCUT2D eigenvalue weighted by Crippen LogP contribution is 2.25. The number of benzene rings is 1. The summed E-state index contributed by atoms with van der Waals surface area (Å²) in [6, 6.07) is 5.97. The molecule has 2 nitrogen and oxygen atoms in total. The Bertz CT molecular complexity index is 318. The third-order valence-electron chi connectivity index (χ3n) is 1.97. The lowest BCUT2D eigenvalue weighted by Gasteiger charge is -2.00. The van der Waals surface area contributed by atoms with Crippen molar-refractivity contribution in [3.8, 4) is 0 Å². The Kier molecular flexibility index (Phi) is 6.43. The number of hydrogen-bond donors (Lipinski definition) is 1. The van der Waals surface area contributed by atoms with Gasteiger partial charge in [0.25, 0.3) is 0 Å². The summed E-state index contributed by atoms with van der Waals surface area (Å²) in [5.41, 5.74) is 3.28. The standard InChI is InChI=1S/C9H9NO.2C2H6/c1-6-3-2-4-7-5-8(11)10-9(6)7;2*1-2/h2-4H,5H2,1H3,(H,10,11);2*1-2H3. The van der Waals surface area contributed by atoms with Crippen LogP contribution in [0.3, 0.4) is 0 Å². The molecule has 1 N–H and O–H groups in total. The van der Waals surface area contributed by atoms with Gasteiger partial charge >= 0.3 is 0 Å². The predicted molar refractivity (Wildman–Crippen MR) is 66.2 cm³/mol. The van der Waals surface area contributed by atoms with E-state index in [0.717, 1.165) is 16.8 Å². The minimum absolute atomic E-state index is 0.106. The van der Waals surface area contributed by atoms with Gasteiger partial charge in [0.2, 0.25) is 5.91 Å². The molecule has 0 aliphatic carbocycles. The Balaban J connectivity index is 0.000000442. The van der Waals surface area contributed by atoms with Crippen LogP contribution in [0.2, 0.25) is 0 Å². The SMILES string of the molecule is CC.CC.Cc1cccc2c1NC(=O)C2. The van der Waals surface area contributed by atoms with Crippen molar-refractivity contribution in [2.75, 3.05) is 5.32 Å². The van der Waals surface area contributed by atoms with Gasteiger partial charge in [-0.15, -0.1) is 0 Å². The molecule has 1 aliphatic heterocycles. The van der Waals surface area contributed by atoms with Crippen molar-refractivity contribution in [1.82, 2.24) is 0 Å². The molecule has 84 valence electrons. The van der Waals surface area contributed by atoms with Crippen molar-refractivity contribution in [1.29, 1.82) is 0 Å². The van der Waals surface area contributed by atoms with Crippen molar-refractivity contribution < 1.29 is 4.79 Å². The van der Waals surface area contributed by atoms with Crippen LogP contribution in [0.1, 0.15) is 38.8 Å². The van der Waals surface area contributed by atoms with E-state index in [-0.39, 0.29) is 5.91 Å². The molecule has 0 unspecified atom stereocenters. The van der Waals surface area contributed by atoms with E-state index in [9.17, 15) is 4.79 Å². The van der Waals surface area contributed by atoms with E-state index >= 15 is 0 Å². The average molecular weight is 207 g/mol. The Morgan fingerprint density at radius 1 is 1.13 bits per heavy atom. The molecule has 0 atom stereocenters. The molecule has 0 bridgehead atoms. The number of anilines is 1. The molecule has 15 heavy (non-hydrogen) atoms. The zero-order valence-corrected chi connectivity index (χ0v) is 10.3. The summed E-state index contributed by atoms with van der Waals surface area (Å²) in [4.78, 5) is 10.9. The monoisotopic (exact) mass is 207 g/mol. The number of amides is 1. The second-order valence-corrected chi connectivity index (χ2v) is 2.83. The molecular formula is C13H21NO. The Morgan fingerprint density at radius 2 is 1.73 bits per heavy atom. The van der Waals surface area contributed by atoms with Gasteiger partial charge in [-0.3, -0.25) is 4.79 Å². The summed E-state index contributed by atoms with van der Waals surface area (Å²) >= 11 is 0. The van der Waals surface area contributed by atoms with Crippen molar-refractivity contribution in [2.45, 2.75) is 41.0 Å². The summed E-state index contributed by atoms with van der Waals surface area (Å²) in [7, 11) is 0. The molecule has 1 amide bonds. The summed E-state index contributed by atoms with van der Waals surface area (Å²) in [5.74, 6) is 0.106. The molecule has 1 heterocycles. The van der Waals surface area contributed by atoms with Crippen LogP contribution >= 0.6 is 0 Å². The van der Waals surface area contributed by atoms with E-state index < -0.39 is 0 Å². The van der Waals surface area contributed by atoms with Crippen molar-refractivity contribution >= 4 is 11.6 Å². The van der Waals surface area contributed by atoms with Gasteiger partial charge in [-0.1, -0.05) is 45.9 Å². The van der Waals surface area contributed by atoms with Crippen LogP contribution in [-0.4, -0.2) is 5.91 Å². The Hall–Kier alpha value is -1.31. The van der Waals surface area contributed by atoms with Crippen molar-refractivity contribution in [3.63, 3.8) is 0 Å². The maximum absolute atomic E-state index is 10.9. The first-order valence-electron chi connectivity index (χ1n) is 5.66. The van der Waals surface area contributed by atoms with Crippen LogP contribution < -0.4 is 5.32 Å². The molecule has 2 heteroatoms. The lowest BCUT2D eigenvalue weighted by molar-refractivity contribution is -0.115. The summed E-state index contributed by atoms with van der Waals surface area (Å²) < 4.78 is 0. The topological polar surface area (TPSA) is 29.1 Å². The summed E-state index contributed by atoms with van der Waals surface area (Å²) in [5, 5.41) is 2.83. The van der Waals surface area contributed by atoms with Gasteiger partial charge in [-0.2, -0.15) is 0 Å². The Labute approximate surface area is 92.7 Å². The fourth-order valence-corrected chi connectivity index (χ4v) is 1.41. The number of fused-ring (bicyclic) bond motifs is 1. The number of hydrogen-bond acceptors (Lipinski definition) is 1. The fraction of sp³-hybridized carbons (Fsp3) is 0.462. The molecule has 1 aliphatic rings. The highest BCUT2D eigenvalue weighted by molar-refractivity contribution is 5.99. The third-order valence-corrected chi connectivity index (χ3v) is 1.97. The molecular weight excluding hydrogens is 186 g/mol. The van der Waals surface area contributed by atoms with E-state index in [2.05, 4.69) is 5.32 Å². The first-order chi connectivity index (χ1) is 7.27. The van der Waals surface area contributed by atoms with E-state index in [1.807, 2.05) is 52.8 Å². The fourth-order valence-electron chi connectivity index (χ4n) is 1.41. The maximum Gasteiger partial charge on any atom is 0.228 e. The zero-order chi connectivity index (χ0) is 11.8. The van der Waals surface area contributed by atoms with Crippen LogP contribution in [0.4, 0.5) is 5.69 Å². The predicted octanol–water partition coefficient (Wildman–Crippen LogP) is 3.54. The van der Waals surface area contributed by atoms with Crippen LogP contribution in [0.5, 0.6) is 0 Å². The van der Waals surface area contributed by atoms with Crippen LogP contribution in [0, 0.1) is 6.92 Å². The van der Waals surface area contributed by atoms with Gasteiger partial charge in [-0.25, -0.2) is 0 Å². The first-order valence-corrected chi connectivity index (χ1v) is 5.66. The molecule has 0 aromatic heterocycles. The number of carbonyl (C=O) groups excluding carboxylic acids is 1. The van der Waals surface area contributed by atoms with Crippen LogP contribution in [0.15, 0.2) is 18.2 Å². The molecule has 1 aromatic rings. The molecule has 2 rings (SSSR count). The second-order valence-electron chi connectivity index (χ2n) is 2.83. The minimum Gasteiger partial charge on any atom is -0.325 e. The Morgan fingerprint density at radius 3 is 2.27 bits per heavy atom. The van der Waals surface area contributed by atoms with Gasteiger partial charge in [0.15, 0.2) is 0 Å². The van der Waals surface area contributed by atoms with Gasteiger partial charge in [0.1, 0.15) is 0 Å². The molecule has 0 saturated carbocycles. The zero-order valence-electron chi connectivity index (χ0n) is 10.3. The summed E-state index contributed by atoms with van der Waals surface area (Å²) in [6.07, 6.45) is 0.539. The van der Waals surface area contributed by atoms with E-state index in [0.29, 0.717) is 6.42 Å². The van der Waals surface area contributed by atoms with Gasteiger partial charge in [0.05, 0.1) is 6.42 Å². The highest BCUT2D eigenvalue weighted by atomic mass is 16.1. The lowest BCUT2D eigenvalue weighted by Crippen LogP contribution is -2.04. The number of para-hydroxylation sites is 1. The average Bonchev–Trinajstić information content (AvgIpc) is 2.66. The highest BCUT2D eigenvalue weighted by Gasteiger charge is 2.17. The molecule has 0 spiro atoms. The van der Waals surface area contributed by atoms with E-state index in [1.54, 1.807) is 0 Å². The van der Waals surface area contributed by atoms with Gasteiger partial charge in [-0.05, 0) is 18.1 Å². The van der Waals surface area contributed by atoms with Crippen LogP contribution in [0.25, 0.3) is 0 Å². The molecule has 0 fully saturated rings. The molecule has 0 saturated heterocycles. The number of aryl methyl sites for hydroxylation is 1. The number of carbonyl (C=O) groups is 1. The summed E-state index contributed by atoms with van der Waals surface area (Å²) in [6.45, 7) is 10.0. The number of rotatable bonds is 0. The van der Waals surface area contributed by atoms with Crippen LogP contribution in [-0.2, 0) is 11.2 Å². The van der Waals surface area contributed by atoms with E-state index in [4.69, 9.17) is 0 Å². The minimum atomic E-state index is 0.106. The lowest BCUT2D eigenvalue weighted by atomic mass is 10.1.